The van der Waals surface area contributed by atoms with Gasteiger partial charge in [0.25, 0.3) is 0 Å². The maximum atomic E-state index is 12.3. The van der Waals surface area contributed by atoms with Gasteiger partial charge in [-0.05, 0) is 30.5 Å². The molecule has 2 atom stereocenters. The van der Waals surface area contributed by atoms with E-state index in [0.29, 0.717) is 12.3 Å². The first-order chi connectivity index (χ1) is 9.27. The summed E-state index contributed by atoms with van der Waals surface area (Å²) in [6.07, 6.45) is 0.717. The van der Waals surface area contributed by atoms with E-state index in [1.165, 1.54) is 0 Å². The van der Waals surface area contributed by atoms with Gasteiger partial charge in [-0.2, -0.15) is 0 Å². The molecule has 1 aromatic carbocycles. The summed E-state index contributed by atoms with van der Waals surface area (Å²) >= 11 is 5.65. The number of aliphatic hydroxyl groups excluding tert-OH is 1. The topological polar surface area (TPSA) is 66.4 Å². The number of sulfonamides is 1. The summed E-state index contributed by atoms with van der Waals surface area (Å²) in [5.41, 5.74) is 0.587. The van der Waals surface area contributed by atoms with E-state index in [9.17, 15) is 13.5 Å². The van der Waals surface area contributed by atoms with E-state index in [1.54, 1.807) is 24.3 Å². The van der Waals surface area contributed by atoms with Crippen molar-refractivity contribution in [1.82, 2.24) is 4.72 Å². The number of alkyl halides is 1. The molecule has 4 nitrogen and oxygen atoms in total. The third-order valence-corrected chi connectivity index (χ3v) is 5.81. The van der Waals surface area contributed by atoms with Crippen LogP contribution in [0, 0.1) is 5.41 Å². The molecule has 112 valence electrons. The lowest BCUT2D eigenvalue weighted by Crippen LogP contribution is -2.61. The number of halogens is 1. The van der Waals surface area contributed by atoms with Gasteiger partial charge >= 0.3 is 0 Å². The maximum absolute atomic E-state index is 12.3. The summed E-state index contributed by atoms with van der Waals surface area (Å²) < 4.78 is 27.2. The van der Waals surface area contributed by atoms with Crippen molar-refractivity contribution in [1.29, 1.82) is 0 Å². The van der Waals surface area contributed by atoms with E-state index in [2.05, 4.69) is 4.72 Å². The Kier molecular flexibility index (Phi) is 4.44. The van der Waals surface area contributed by atoms with Crippen LogP contribution in [-0.4, -0.2) is 31.6 Å². The minimum Gasteiger partial charge on any atom is -0.392 e. The van der Waals surface area contributed by atoms with Gasteiger partial charge < -0.3 is 5.11 Å². The van der Waals surface area contributed by atoms with Crippen LogP contribution in [0.3, 0.4) is 0 Å². The van der Waals surface area contributed by atoms with Crippen molar-refractivity contribution < 1.29 is 13.5 Å². The van der Waals surface area contributed by atoms with Crippen molar-refractivity contribution in [2.24, 2.45) is 5.41 Å². The molecule has 2 N–H and O–H groups in total. The van der Waals surface area contributed by atoms with Gasteiger partial charge in [0.1, 0.15) is 0 Å². The third kappa shape index (κ3) is 3.01. The van der Waals surface area contributed by atoms with Crippen molar-refractivity contribution in [2.45, 2.75) is 43.7 Å². The van der Waals surface area contributed by atoms with Crippen LogP contribution in [0.1, 0.15) is 25.8 Å². The fourth-order valence-corrected chi connectivity index (χ4v) is 3.93. The Bertz CT molecular complexity index is 569. The minimum atomic E-state index is -3.54. The molecule has 2 unspecified atom stereocenters. The molecular weight excluding hydrogens is 298 g/mol. The summed E-state index contributed by atoms with van der Waals surface area (Å²) in [5, 5.41) is 9.66. The number of aryl methyl sites for hydroxylation is 1. The maximum Gasteiger partial charge on any atom is 0.240 e. The van der Waals surface area contributed by atoms with Crippen LogP contribution in [0.25, 0.3) is 0 Å². The Morgan fingerprint density at radius 2 is 1.95 bits per heavy atom. The van der Waals surface area contributed by atoms with Crippen LogP contribution < -0.4 is 4.72 Å². The van der Waals surface area contributed by atoms with Crippen LogP contribution in [0.4, 0.5) is 0 Å². The fourth-order valence-electron chi connectivity index (χ4n) is 2.30. The first-order valence-electron chi connectivity index (χ1n) is 6.62. The normalized spacial score (nSPS) is 25.2. The second kappa shape index (κ2) is 5.64. The largest absolute Gasteiger partial charge is 0.392 e. The highest BCUT2D eigenvalue weighted by Gasteiger charge is 2.48. The monoisotopic (exact) mass is 317 g/mol. The number of hydrogen-bond donors (Lipinski definition) is 2. The van der Waals surface area contributed by atoms with Gasteiger partial charge in [-0.25, -0.2) is 13.1 Å². The lowest BCUT2D eigenvalue weighted by Gasteiger charge is -2.49. The SMILES string of the molecule is CC1(C)C(O)CC1NS(=O)(=O)c1ccc(CCCl)cc1. The van der Waals surface area contributed by atoms with Gasteiger partial charge in [-0.15, -0.1) is 11.6 Å². The molecule has 0 saturated heterocycles. The summed E-state index contributed by atoms with van der Waals surface area (Å²) in [6.45, 7) is 3.72. The van der Waals surface area contributed by atoms with E-state index >= 15 is 0 Å². The lowest BCUT2D eigenvalue weighted by atomic mass is 9.65. The Morgan fingerprint density at radius 1 is 1.35 bits per heavy atom. The Labute approximate surface area is 125 Å². The van der Waals surface area contributed by atoms with Gasteiger partial charge in [-0.3, -0.25) is 0 Å². The highest BCUT2D eigenvalue weighted by molar-refractivity contribution is 7.89. The number of aliphatic hydroxyl groups is 1. The molecule has 1 aliphatic carbocycles. The highest BCUT2D eigenvalue weighted by atomic mass is 35.5. The first kappa shape index (κ1) is 15.8. The molecule has 1 aliphatic rings. The van der Waals surface area contributed by atoms with Crippen LogP contribution in [0.15, 0.2) is 29.2 Å². The van der Waals surface area contributed by atoms with Gasteiger partial charge in [0, 0.05) is 17.3 Å². The second-order valence-electron chi connectivity index (χ2n) is 5.83. The molecule has 0 aromatic heterocycles. The zero-order chi connectivity index (χ0) is 15.0. The fraction of sp³-hybridized carbons (Fsp3) is 0.571. The predicted molar refractivity (Wildman–Crippen MR) is 79.4 cm³/mol. The molecule has 0 radical (unpaired) electrons. The molecule has 0 heterocycles. The molecule has 0 bridgehead atoms. The van der Waals surface area contributed by atoms with E-state index in [0.717, 1.165) is 12.0 Å². The third-order valence-electron chi connectivity index (χ3n) is 4.13. The molecule has 1 fully saturated rings. The van der Waals surface area contributed by atoms with Crippen molar-refractivity contribution in [3.8, 4) is 0 Å². The molecular formula is C14H20ClNO3S. The summed E-state index contributed by atoms with van der Waals surface area (Å²) in [4.78, 5) is 0.244. The van der Waals surface area contributed by atoms with Gasteiger partial charge in [-0.1, -0.05) is 26.0 Å². The number of benzene rings is 1. The average molecular weight is 318 g/mol. The molecule has 2 rings (SSSR count). The molecule has 0 aliphatic heterocycles. The Morgan fingerprint density at radius 3 is 2.40 bits per heavy atom. The number of rotatable bonds is 5. The van der Waals surface area contributed by atoms with Gasteiger partial charge in [0.15, 0.2) is 0 Å². The standard InChI is InChI=1S/C14H20ClNO3S/c1-14(2)12(9-13(14)17)16-20(18,19)11-5-3-10(4-6-11)7-8-15/h3-6,12-13,16-17H,7-9H2,1-2H3. The zero-order valence-electron chi connectivity index (χ0n) is 11.6. The highest BCUT2D eigenvalue weighted by Crippen LogP contribution is 2.41. The Balaban J connectivity index is 2.11. The number of nitrogens with one attached hydrogen (secondary N) is 1. The van der Waals surface area contributed by atoms with Gasteiger partial charge in [0.2, 0.25) is 10.0 Å². The van der Waals surface area contributed by atoms with Crippen LogP contribution in [0.5, 0.6) is 0 Å². The van der Waals surface area contributed by atoms with Crippen LogP contribution in [-0.2, 0) is 16.4 Å². The molecule has 1 aromatic rings. The lowest BCUT2D eigenvalue weighted by molar-refractivity contribution is -0.0645. The summed E-state index contributed by atoms with van der Waals surface area (Å²) in [5.74, 6) is 0.512. The average Bonchev–Trinajstić information content (AvgIpc) is 2.39. The quantitative estimate of drug-likeness (QED) is 0.815. The molecule has 1 saturated carbocycles. The smallest absolute Gasteiger partial charge is 0.240 e. The number of hydrogen-bond acceptors (Lipinski definition) is 3. The Hall–Kier alpha value is -0.620. The first-order valence-corrected chi connectivity index (χ1v) is 8.64. The van der Waals surface area contributed by atoms with Crippen molar-refractivity contribution in [3.05, 3.63) is 29.8 Å². The molecule has 20 heavy (non-hydrogen) atoms. The zero-order valence-corrected chi connectivity index (χ0v) is 13.2. The minimum absolute atomic E-state index is 0.231. The molecule has 0 amide bonds. The van der Waals surface area contributed by atoms with E-state index < -0.39 is 21.5 Å². The van der Waals surface area contributed by atoms with E-state index in [-0.39, 0.29) is 10.9 Å². The summed E-state index contributed by atoms with van der Waals surface area (Å²) in [7, 11) is -3.54. The van der Waals surface area contributed by atoms with E-state index in [1.807, 2.05) is 13.8 Å². The molecule has 6 heteroatoms. The second-order valence-corrected chi connectivity index (χ2v) is 7.92. The molecule has 0 spiro atoms. The predicted octanol–water partition coefficient (Wildman–Crippen LogP) is 1.91. The van der Waals surface area contributed by atoms with Crippen molar-refractivity contribution in [2.75, 3.05) is 5.88 Å². The van der Waals surface area contributed by atoms with Crippen LogP contribution >= 0.6 is 11.6 Å². The van der Waals surface area contributed by atoms with Crippen molar-refractivity contribution in [3.63, 3.8) is 0 Å². The van der Waals surface area contributed by atoms with Gasteiger partial charge in [0.05, 0.1) is 11.0 Å². The van der Waals surface area contributed by atoms with E-state index in [4.69, 9.17) is 11.6 Å². The summed E-state index contributed by atoms with van der Waals surface area (Å²) in [6, 6.07) is 6.50. The van der Waals surface area contributed by atoms with Crippen molar-refractivity contribution >= 4 is 21.6 Å². The van der Waals surface area contributed by atoms with Crippen LogP contribution in [0.2, 0.25) is 0 Å².